The summed E-state index contributed by atoms with van der Waals surface area (Å²) in [5, 5.41) is 11.8. The van der Waals surface area contributed by atoms with Crippen molar-refractivity contribution in [1.29, 1.82) is 0 Å². The quantitative estimate of drug-likeness (QED) is 0.770. The van der Waals surface area contributed by atoms with Crippen molar-refractivity contribution in [3.63, 3.8) is 0 Å². The van der Waals surface area contributed by atoms with Crippen LogP contribution in [0.25, 0.3) is 0 Å². The van der Waals surface area contributed by atoms with Crippen LogP contribution in [0.1, 0.15) is 22.3 Å². The zero-order valence-corrected chi connectivity index (χ0v) is 12.6. The molecule has 0 aliphatic heterocycles. The third-order valence-corrected chi connectivity index (χ3v) is 3.28. The molecular formula is C18H19NO4. The van der Waals surface area contributed by atoms with E-state index in [9.17, 15) is 14.7 Å². The van der Waals surface area contributed by atoms with Gasteiger partial charge < -0.3 is 15.2 Å². The second-order valence-electron chi connectivity index (χ2n) is 5.08. The van der Waals surface area contributed by atoms with E-state index in [0.29, 0.717) is 5.56 Å². The fraction of sp³-hybridized carbons (Fsp3) is 0.222. The van der Waals surface area contributed by atoms with Gasteiger partial charge in [-0.1, -0.05) is 60.7 Å². The maximum absolute atomic E-state index is 12.1. The molecule has 0 unspecified atom stereocenters. The molecule has 0 aliphatic carbocycles. The second-order valence-corrected chi connectivity index (χ2v) is 5.08. The molecule has 0 bridgehead atoms. The van der Waals surface area contributed by atoms with Crippen LogP contribution in [0.3, 0.4) is 0 Å². The summed E-state index contributed by atoms with van der Waals surface area (Å²) in [5.41, 5.74) is 1.41. The molecule has 0 fully saturated rings. The van der Waals surface area contributed by atoms with E-state index in [2.05, 4.69) is 5.32 Å². The molecule has 2 aromatic rings. The molecule has 23 heavy (non-hydrogen) atoms. The van der Waals surface area contributed by atoms with Crippen molar-refractivity contribution >= 4 is 11.9 Å². The highest BCUT2D eigenvalue weighted by Gasteiger charge is 2.17. The fourth-order valence-electron chi connectivity index (χ4n) is 2.06. The Bertz CT molecular complexity index is 628. The van der Waals surface area contributed by atoms with Crippen molar-refractivity contribution in [2.75, 3.05) is 6.61 Å². The van der Waals surface area contributed by atoms with Crippen LogP contribution in [0, 0.1) is 0 Å². The van der Waals surface area contributed by atoms with Crippen molar-refractivity contribution < 1.29 is 19.4 Å². The number of carbonyl (C=O) groups is 2. The van der Waals surface area contributed by atoms with Gasteiger partial charge in [0.15, 0.2) is 5.78 Å². The number of ether oxygens (including phenoxy) is 1. The molecule has 0 heterocycles. The van der Waals surface area contributed by atoms with Crippen LogP contribution >= 0.6 is 0 Å². The van der Waals surface area contributed by atoms with E-state index in [1.807, 2.05) is 36.4 Å². The summed E-state index contributed by atoms with van der Waals surface area (Å²) in [6, 6.07) is 17.3. The molecule has 120 valence electrons. The highest BCUT2D eigenvalue weighted by molar-refractivity contribution is 5.96. The van der Waals surface area contributed by atoms with Crippen LogP contribution < -0.4 is 5.32 Å². The zero-order chi connectivity index (χ0) is 16.5. The van der Waals surface area contributed by atoms with E-state index >= 15 is 0 Å². The van der Waals surface area contributed by atoms with Gasteiger partial charge in [-0.2, -0.15) is 0 Å². The summed E-state index contributed by atoms with van der Waals surface area (Å²) in [6.45, 7) is -0.198. The van der Waals surface area contributed by atoms with Crippen molar-refractivity contribution in [2.45, 2.75) is 19.1 Å². The van der Waals surface area contributed by atoms with E-state index in [0.717, 1.165) is 5.56 Å². The van der Waals surface area contributed by atoms with Gasteiger partial charge in [-0.25, -0.2) is 4.79 Å². The lowest BCUT2D eigenvalue weighted by molar-refractivity contribution is 0.0940. The van der Waals surface area contributed by atoms with Crippen LogP contribution in [-0.2, 0) is 11.3 Å². The maximum atomic E-state index is 12.1. The molecule has 0 saturated carbocycles. The van der Waals surface area contributed by atoms with Gasteiger partial charge in [0.2, 0.25) is 0 Å². The average Bonchev–Trinajstić information content (AvgIpc) is 2.61. The highest BCUT2D eigenvalue weighted by Crippen LogP contribution is 2.06. The maximum Gasteiger partial charge on any atom is 0.407 e. The molecule has 2 rings (SSSR count). The number of alkyl carbamates (subject to hydrolysis) is 1. The number of benzene rings is 2. The molecule has 0 aliphatic rings. The highest BCUT2D eigenvalue weighted by atomic mass is 16.5. The van der Waals surface area contributed by atoms with E-state index in [1.165, 1.54) is 0 Å². The molecular weight excluding hydrogens is 294 g/mol. The van der Waals surface area contributed by atoms with Crippen molar-refractivity contribution in [1.82, 2.24) is 5.32 Å². The van der Waals surface area contributed by atoms with E-state index < -0.39 is 12.1 Å². The molecule has 5 heteroatoms. The van der Waals surface area contributed by atoms with Gasteiger partial charge >= 0.3 is 6.09 Å². The van der Waals surface area contributed by atoms with Crippen molar-refractivity contribution in [2.24, 2.45) is 0 Å². The van der Waals surface area contributed by atoms with E-state index in [1.54, 1.807) is 24.3 Å². The Balaban J connectivity index is 1.82. The zero-order valence-electron chi connectivity index (χ0n) is 12.6. The van der Waals surface area contributed by atoms with Crippen molar-refractivity contribution in [3.8, 4) is 0 Å². The van der Waals surface area contributed by atoms with Crippen LogP contribution in [0.15, 0.2) is 60.7 Å². The first-order valence-corrected chi connectivity index (χ1v) is 7.35. The van der Waals surface area contributed by atoms with Crippen LogP contribution in [0.2, 0.25) is 0 Å². The third kappa shape index (κ3) is 5.56. The largest absolute Gasteiger partial charge is 0.445 e. The van der Waals surface area contributed by atoms with Gasteiger partial charge in [0.1, 0.15) is 6.61 Å². The number of aliphatic hydroxyl groups excluding tert-OH is 1. The number of Topliss-reactive ketones (excluding diaryl/α,β-unsaturated/α-hetero) is 1. The minimum Gasteiger partial charge on any atom is -0.445 e. The van der Waals surface area contributed by atoms with E-state index in [-0.39, 0.29) is 25.4 Å². The smallest absolute Gasteiger partial charge is 0.407 e. The first-order chi connectivity index (χ1) is 11.2. The summed E-state index contributed by atoms with van der Waals surface area (Å²) >= 11 is 0. The summed E-state index contributed by atoms with van der Waals surface area (Å²) in [5.74, 6) is -0.145. The SMILES string of the molecule is O=C(N[C@@H](CO)CC(=O)c1ccccc1)OCc1ccccc1. The first kappa shape index (κ1) is 16.7. The van der Waals surface area contributed by atoms with Gasteiger partial charge in [-0.15, -0.1) is 0 Å². The Kier molecular flexibility index (Phi) is 6.32. The van der Waals surface area contributed by atoms with Gasteiger partial charge in [0.05, 0.1) is 12.6 Å². The Morgan fingerprint density at radius 3 is 2.22 bits per heavy atom. The molecule has 0 radical (unpaired) electrons. The number of hydrogen-bond acceptors (Lipinski definition) is 4. The van der Waals surface area contributed by atoms with Gasteiger partial charge in [0, 0.05) is 12.0 Å². The third-order valence-electron chi connectivity index (χ3n) is 3.28. The van der Waals surface area contributed by atoms with E-state index in [4.69, 9.17) is 4.74 Å². The normalized spacial score (nSPS) is 11.5. The second kappa shape index (κ2) is 8.70. The molecule has 5 nitrogen and oxygen atoms in total. The van der Waals surface area contributed by atoms with Gasteiger partial charge in [-0.3, -0.25) is 4.79 Å². The number of carbonyl (C=O) groups excluding carboxylic acids is 2. The number of nitrogens with one attached hydrogen (secondary N) is 1. The summed E-state index contributed by atoms with van der Waals surface area (Å²) < 4.78 is 5.08. The number of ketones is 1. The summed E-state index contributed by atoms with van der Waals surface area (Å²) in [4.78, 5) is 23.8. The minimum atomic E-state index is -0.675. The van der Waals surface area contributed by atoms with Crippen molar-refractivity contribution in [3.05, 3.63) is 71.8 Å². The van der Waals surface area contributed by atoms with Crippen LogP contribution in [-0.4, -0.2) is 29.6 Å². The lowest BCUT2D eigenvalue weighted by Gasteiger charge is -2.15. The lowest BCUT2D eigenvalue weighted by atomic mass is 10.0. The Morgan fingerprint density at radius 2 is 1.61 bits per heavy atom. The van der Waals surface area contributed by atoms with Crippen LogP contribution in [0.5, 0.6) is 0 Å². The standard InChI is InChI=1S/C18H19NO4/c20-12-16(11-17(21)15-9-5-2-6-10-15)19-18(22)23-13-14-7-3-1-4-8-14/h1-10,16,20H,11-13H2,(H,19,22)/t16-/m1/s1. The van der Waals surface area contributed by atoms with Gasteiger partial charge in [0.25, 0.3) is 0 Å². The Morgan fingerprint density at radius 1 is 1.00 bits per heavy atom. The molecule has 2 N–H and O–H groups in total. The molecule has 0 spiro atoms. The number of hydrogen-bond donors (Lipinski definition) is 2. The average molecular weight is 313 g/mol. The van der Waals surface area contributed by atoms with Crippen LogP contribution in [0.4, 0.5) is 4.79 Å². The first-order valence-electron chi connectivity index (χ1n) is 7.35. The summed E-state index contributed by atoms with van der Waals surface area (Å²) in [7, 11) is 0. The molecule has 0 saturated heterocycles. The minimum absolute atomic E-state index is 0.0148. The predicted octanol–water partition coefficient (Wildman–Crippen LogP) is 2.55. The Hall–Kier alpha value is -2.66. The molecule has 0 aromatic heterocycles. The predicted molar refractivity (Wildman–Crippen MR) is 86.0 cm³/mol. The number of rotatable bonds is 7. The summed E-state index contributed by atoms with van der Waals surface area (Å²) in [6.07, 6.45) is -0.644. The molecule has 2 aromatic carbocycles. The Labute approximate surface area is 134 Å². The van der Waals surface area contributed by atoms with Gasteiger partial charge in [-0.05, 0) is 5.56 Å². The molecule has 1 amide bonds. The lowest BCUT2D eigenvalue weighted by Crippen LogP contribution is -2.39. The number of aliphatic hydroxyl groups is 1. The number of amides is 1. The monoisotopic (exact) mass is 313 g/mol. The topological polar surface area (TPSA) is 75.6 Å². The molecule has 1 atom stereocenters. The fourth-order valence-corrected chi connectivity index (χ4v) is 2.06.